The van der Waals surface area contributed by atoms with Crippen molar-refractivity contribution in [2.45, 2.75) is 13.0 Å². The number of carbonyl (C=O) groups is 1. The van der Waals surface area contributed by atoms with Gasteiger partial charge >= 0.3 is 0 Å². The van der Waals surface area contributed by atoms with Crippen LogP contribution in [0.4, 0.5) is 0 Å². The third-order valence-electron chi connectivity index (χ3n) is 4.24. The molecule has 0 spiro atoms. The molecule has 1 aromatic rings. The van der Waals surface area contributed by atoms with Crippen molar-refractivity contribution in [3.05, 3.63) is 29.3 Å². The zero-order valence-corrected chi connectivity index (χ0v) is 15.2. The highest BCUT2D eigenvalue weighted by molar-refractivity contribution is 7.89. The minimum absolute atomic E-state index is 0.0535. The number of amides is 1. The zero-order valence-electron chi connectivity index (χ0n) is 14.4. The zero-order chi connectivity index (χ0) is 17.9. The van der Waals surface area contributed by atoms with Crippen molar-refractivity contribution in [3.8, 4) is 5.75 Å². The molecule has 0 radical (unpaired) electrons. The molecule has 1 aliphatic rings. The molecule has 8 heteroatoms. The van der Waals surface area contributed by atoms with Crippen LogP contribution in [0.2, 0.25) is 0 Å². The smallest absolute Gasteiger partial charge is 0.251 e. The average Bonchev–Trinajstić information content (AvgIpc) is 2.93. The molecule has 0 bridgehead atoms. The Morgan fingerprint density at radius 2 is 2.08 bits per heavy atom. The maximum Gasteiger partial charge on any atom is 0.251 e. The lowest BCUT2D eigenvalue weighted by Gasteiger charge is -2.21. The van der Waals surface area contributed by atoms with Crippen LogP contribution in [0.1, 0.15) is 15.9 Å². The van der Waals surface area contributed by atoms with Crippen LogP contribution in [0.5, 0.6) is 5.75 Å². The molecule has 134 valence electrons. The third kappa shape index (κ3) is 4.06. The number of carbonyl (C=O) groups excluding carboxylic acids is 1. The molecule has 1 fully saturated rings. The first kappa shape index (κ1) is 18.7. The van der Waals surface area contributed by atoms with E-state index in [1.807, 2.05) is 6.92 Å². The fraction of sp³-hybridized carbons (Fsp3) is 0.562. The molecule has 2 atom stereocenters. The van der Waals surface area contributed by atoms with Crippen molar-refractivity contribution in [2.24, 2.45) is 5.92 Å². The first-order valence-corrected chi connectivity index (χ1v) is 9.29. The molecule has 0 aromatic heterocycles. The van der Waals surface area contributed by atoms with Gasteiger partial charge in [-0.05, 0) is 19.1 Å². The molecular formula is C16H24N2O5S. The van der Waals surface area contributed by atoms with E-state index in [1.165, 1.54) is 18.4 Å². The monoisotopic (exact) mass is 356 g/mol. The van der Waals surface area contributed by atoms with E-state index in [0.717, 1.165) is 5.56 Å². The summed E-state index contributed by atoms with van der Waals surface area (Å²) in [7, 11) is 1.20. The normalized spacial score (nSPS) is 21.0. The Morgan fingerprint density at radius 1 is 1.38 bits per heavy atom. The fourth-order valence-corrected chi connectivity index (χ4v) is 3.84. The van der Waals surface area contributed by atoms with E-state index in [1.54, 1.807) is 25.3 Å². The minimum atomic E-state index is -3.35. The fourth-order valence-electron chi connectivity index (χ4n) is 2.67. The number of hydrogen-bond acceptors (Lipinski definition) is 5. The second-order valence-corrected chi connectivity index (χ2v) is 8.30. The number of ether oxygens (including phenoxy) is 2. The largest absolute Gasteiger partial charge is 0.496 e. The van der Waals surface area contributed by atoms with Gasteiger partial charge in [-0.1, -0.05) is 6.07 Å². The number of hydrogen-bond donors (Lipinski definition) is 1. The van der Waals surface area contributed by atoms with Gasteiger partial charge in [0.1, 0.15) is 5.75 Å². The summed E-state index contributed by atoms with van der Waals surface area (Å²) in [4.78, 5) is 12.6. The molecule has 0 unspecified atom stereocenters. The highest BCUT2D eigenvalue weighted by atomic mass is 32.2. The standard InChI is InChI=1S/C16H24N2O5S/c1-11-13(6-5-7-15(11)22-4)16(19)17-14-9-23-8-12(14)10-24(20,21)18(2)3/h5-7,12,14H,8-10H2,1-4H3,(H,17,19)/t12-,14-/m0/s1. The van der Waals surface area contributed by atoms with Crippen molar-refractivity contribution in [3.63, 3.8) is 0 Å². The van der Waals surface area contributed by atoms with Crippen LogP contribution in [-0.4, -0.2) is 64.8 Å². The lowest BCUT2D eigenvalue weighted by Crippen LogP contribution is -2.43. The minimum Gasteiger partial charge on any atom is -0.496 e. The van der Waals surface area contributed by atoms with Gasteiger partial charge in [0, 0.05) is 31.1 Å². The quantitative estimate of drug-likeness (QED) is 0.809. The molecule has 1 aromatic carbocycles. The molecule has 0 aliphatic carbocycles. The number of rotatable bonds is 6. The summed E-state index contributed by atoms with van der Waals surface area (Å²) in [5.74, 6) is 0.0562. The van der Waals surface area contributed by atoms with E-state index in [9.17, 15) is 13.2 Å². The molecule has 0 saturated carbocycles. The highest BCUT2D eigenvalue weighted by Gasteiger charge is 2.34. The maximum atomic E-state index is 12.6. The molecule has 1 heterocycles. The Bertz CT molecular complexity index is 702. The van der Waals surface area contributed by atoms with Crippen LogP contribution in [-0.2, 0) is 14.8 Å². The Hall–Kier alpha value is -1.64. The lowest BCUT2D eigenvalue weighted by atomic mass is 10.0. The Kier molecular flexibility index (Phi) is 5.84. The van der Waals surface area contributed by atoms with Crippen molar-refractivity contribution in [1.82, 2.24) is 9.62 Å². The topological polar surface area (TPSA) is 84.9 Å². The van der Waals surface area contributed by atoms with E-state index >= 15 is 0 Å². The van der Waals surface area contributed by atoms with Gasteiger partial charge in [0.2, 0.25) is 10.0 Å². The van der Waals surface area contributed by atoms with Gasteiger partial charge in [-0.3, -0.25) is 4.79 Å². The van der Waals surface area contributed by atoms with E-state index in [4.69, 9.17) is 9.47 Å². The number of methoxy groups -OCH3 is 1. The number of sulfonamides is 1. The summed E-state index contributed by atoms with van der Waals surface area (Å²) in [5, 5.41) is 2.90. The van der Waals surface area contributed by atoms with Gasteiger partial charge in [-0.2, -0.15) is 0 Å². The van der Waals surface area contributed by atoms with Crippen LogP contribution < -0.4 is 10.1 Å². The summed E-state index contributed by atoms with van der Waals surface area (Å²) in [6.45, 7) is 2.43. The molecular weight excluding hydrogens is 332 g/mol. The molecule has 1 aliphatic heterocycles. The van der Waals surface area contributed by atoms with E-state index in [0.29, 0.717) is 24.5 Å². The van der Waals surface area contributed by atoms with E-state index in [-0.39, 0.29) is 23.6 Å². The SMILES string of the molecule is COc1cccc(C(=O)N[C@H]2COC[C@H]2CS(=O)(=O)N(C)C)c1C. The highest BCUT2D eigenvalue weighted by Crippen LogP contribution is 2.22. The van der Waals surface area contributed by atoms with Crippen LogP contribution in [0.3, 0.4) is 0 Å². The number of nitrogens with zero attached hydrogens (tertiary/aromatic N) is 1. The van der Waals surface area contributed by atoms with Crippen molar-refractivity contribution < 1.29 is 22.7 Å². The summed E-state index contributed by atoms with van der Waals surface area (Å²) in [5.41, 5.74) is 1.25. The maximum absolute atomic E-state index is 12.6. The van der Waals surface area contributed by atoms with Crippen LogP contribution in [0.25, 0.3) is 0 Å². The van der Waals surface area contributed by atoms with Crippen molar-refractivity contribution >= 4 is 15.9 Å². The predicted octanol–water partition coefficient (Wildman–Crippen LogP) is 0.640. The molecule has 2 rings (SSSR count). The molecule has 1 saturated heterocycles. The average molecular weight is 356 g/mol. The lowest BCUT2D eigenvalue weighted by molar-refractivity contribution is 0.0925. The Morgan fingerprint density at radius 3 is 2.71 bits per heavy atom. The predicted molar refractivity (Wildman–Crippen MR) is 90.8 cm³/mol. The molecule has 1 N–H and O–H groups in total. The van der Waals surface area contributed by atoms with Gasteiger partial charge in [0.25, 0.3) is 5.91 Å². The second kappa shape index (κ2) is 7.50. The van der Waals surface area contributed by atoms with Crippen molar-refractivity contribution in [2.75, 3.05) is 40.2 Å². The van der Waals surface area contributed by atoms with E-state index in [2.05, 4.69) is 5.32 Å². The summed E-state index contributed by atoms with van der Waals surface area (Å²) >= 11 is 0. The van der Waals surface area contributed by atoms with Gasteiger partial charge in [0.05, 0.1) is 32.1 Å². The van der Waals surface area contributed by atoms with Crippen LogP contribution >= 0.6 is 0 Å². The molecule has 24 heavy (non-hydrogen) atoms. The van der Waals surface area contributed by atoms with Crippen LogP contribution in [0, 0.1) is 12.8 Å². The molecule has 1 amide bonds. The molecule has 7 nitrogen and oxygen atoms in total. The van der Waals surface area contributed by atoms with Crippen LogP contribution in [0.15, 0.2) is 18.2 Å². The Labute approximate surface area is 143 Å². The second-order valence-electron chi connectivity index (χ2n) is 6.07. The summed E-state index contributed by atoms with van der Waals surface area (Å²) < 4.78 is 35.9. The number of benzene rings is 1. The summed E-state index contributed by atoms with van der Waals surface area (Å²) in [6, 6.07) is 4.92. The van der Waals surface area contributed by atoms with Gasteiger partial charge in [0.15, 0.2) is 0 Å². The first-order chi connectivity index (χ1) is 11.3. The third-order valence-corrected chi connectivity index (χ3v) is 6.21. The van der Waals surface area contributed by atoms with Gasteiger partial charge < -0.3 is 14.8 Å². The summed E-state index contributed by atoms with van der Waals surface area (Å²) in [6.07, 6.45) is 0. The van der Waals surface area contributed by atoms with Gasteiger partial charge in [-0.25, -0.2) is 12.7 Å². The first-order valence-electron chi connectivity index (χ1n) is 7.68. The number of nitrogens with one attached hydrogen (secondary N) is 1. The Balaban J connectivity index is 2.11. The van der Waals surface area contributed by atoms with Crippen molar-refractivity contribution in [1.29, 1.82) is 0 Å². The van der Waals surface area contributed by atoms with E-state index < -0.39 is 10.0 Å². The van der Waals surface area contributed by atoms with Gasteiger partial charge in [-0.15, -0.1) is 0 Å².